The summed E-state index contributed by atoms with van der Waals surface area (Å²) in [6.07, 6.45) is 1.86. The minimum absolute atomic E-state index is 0.141. The van der Waals surface area contributed by atoms with Crippen molar-refractivity contribution in [3.63, 3.8) is 0 Å². The number of sulfone groups is 1. The van der Waals surface area contributed by atoms with Crippen molar-refractivity contribution in [1.29, 1.82) is 0 Å². The predicted octanol–water partition coefficient (Wildman–Crippen LogP) is 0.935. The van der Waals surface area contributed by atoms with Crippen LogP contribution in [0.5, 0.6) is 0 Å². The number of hydrogen-bond acceptors (Lipinski definition) is 5. The Bertz CT molecular complexity index is 543. The first-order valence-electron chi connectivity index (χ1n) is 6.22. The number of nitrogens with one attached hydrogen (secondary N) is 1. The van der Waals surface area contributed by atoms with Crippen molar-refractivity contribution in [1.82, 2.24) is 5.32 Å². The summed E-state index contributed by atoms with van der Waals surface area (Å²) in [6, 6.07) is 5.99. The molecule has 0 saturated heterocycles. The second-order valence-electron chi connectivity index (χ2n) is 4.25. The number of amides is 1. The van der Waals surface area contributed by atoms with Gasteiger partial charge in [-0.15, -0.1) is 0 Å². The van der Waals surface area contributed by atoms with Crippen LogP contribution in [-0.4, -0.2) is 50.3 Å². The van der Waals surface area contributed by atoms with Gasteiger partial charge < -0.3 is 10.4 Å². The first-order chi connectivity index (χ1) is 9.45. The van der Waals surface area contributed by atoms with Gasteiger partial charge in [-0.25, -0.2) is 8.42 Å². The van der Waals surface area contributed by atoms with E-state index in [1.165, 1.54) is 12.1 Å². The second kappa shape index (κ2) is 8.28. The van der Waals surface area contributed by atoms with Gasteiger partial charge in [-0.1, -0.05) is 6.07 Å². The van der Waals surface area contributed by atoms with E-state index in [-0.39, 0.29) is 17.4 Å². The Labute approximate surface area is 123 Å². The molecule has 0 saturated carbocycles. The van der Waals surface area contributed by atoms with Gasteiger partial charge in [-0.2, -0.15) is 11.8 Å². The molecule has 0 aromatic heterocycles. The molecule has 20 heavy (non-hydrogen) atoms. The molecule has 2 N–H and O–H groups in total. The van der Waals surface area contributed by atoms with E-state index in [1.54, 1.807) is 23.9 Å². The van der Waals surface area contributed by atoms with Gasteiger partial charge in [0.2, 0.25) is 0 Å². The average Bonchev–Trinajstić information content (AvgIpc) is 2.41. The minimum atomic E-state index is -3.30. The number of thioether (sulfide) groups is 1. The third kappa shape index (κ3) is 5.94. The molecule has 0 aliphatic carbocycles. The maximum atomic E-state index is 11.9. The van der Waals surface area contributed by atoms with E-state index in [1.807, 2.05) is 0 Å². The molecule has 0 atom stereocenters. The molecule has 0 bridgehead atoms. The molecule has 1 aromatic carbocycles. The molecule has 112 valence electrons. The standard InChI is InChI=1S/C13H19NO4S2/c1-20(17,18)12-5-2-4-11(10-12)13(16)14-6-9-19-8-3-7-15/h2,4-5,10,15H,3,6-9H2,1H3,(H,14,16). The lowest BCUT2D eigenvalue weighted by Crippen LogP contribution is -2.26. The summed E-state index contributed by atoms with van der Waals surface area (Å²) < 4.78 is 22.8. The molecule has 5 nitrogen and oxygen atoms in total. The van der Waals surface area contributed by atoms with Gasteiger partial charge in [0.05, 0.1) is 4.90 Å². The number of rotatable bonds is 8. The molecule has 7 heteroatoms. The molecule has 1 aromatic rings. The highest BCUT2D eigenvalue weighted by atomic mass is 32.2. The SMILES string of the molecule is CS(=O)(=O)c1cccc(C(=O)NCCSCCCO)c1. The zero-order chi connectivity index (χ0) is 15.0. The van der Waals surface area contributed by atoms with Crippen LogP contribution in [0.1, 0.15) is 16.8 Å². The fourth-order valence-corrected chi connectivity index (χ4v) is 2.93. The molecule has 0 unspecified atom stereocenters. The van der Waals surface area contributed by atoms with Crippen molar-refractivity contribution in [2.75, 3.05) is 30.9 Å². The third-order valence-electron chi connectivity index (χ3n) is 2.50. The molecular formula is C13H19NO4S2. The molecule has 0 aliphatic heterocycles. The second-order valence-corrected chi connectivity index (χ2v) is 7.49. The first kappa shape index (κ1) is 17.0. The molecule has 0 fully saturated rings. The Kier molecular flexibility index (Phi) is 7.04. The highest BCUT2D eigenvalue weighted by Gasteiger charge is 2.11. The first-order valence-corrected chi connectivity index (χ1v) is 9.26. The van der Waals surface area contributed by atoms with Gasteiger partial charge in [-0.3, -0.25) is 4.79 Å². The van der Waals surface area contributed by atoms with Gasteiger partial charge in [-0.05, 0) is 30.4 Å². The van der Waals surface area contributed by atoms with E-state index in [2.05, 4.69) is 5.32 Å². The Morgan fingerprint density at radius 3 is 2.75 bits per heavy atom. The van der Waals surface area contributed by atoms with Crippen molar-refractivity contribution in [2.45, 2.75) is 11.3 Å². The van der Waals surface area contributed by atoms with E-state index in [0.29, 0.717) is 12.1 Å². The zero-order valence-electron chi connectivity index (χ0n) is 11.3. The number of hydrogen-bond donors (Lipinski definition) is 2. The Hall–Kier alpha value is -1.05. The van der Waals surface area contributed by atoms with Crippen molar-refractivity contribution < 1.29 is 18.3 Å². The van der Waals surface area contributed by atoms with Crippen LogP contribution < -0.4 is 5.32 Å². The van der Waals surface area contributed by atoms with Crippen LogP contribution in [0.15, 0.2) is 29.2 Å². The fraction of sp³-hybridized carbons (Fsp3) is 0.462. The topological polar surface area (TPSA) is 83.5 Å². The van der Waals surface area contributed by atoms with Gasteiger partial charge in [0.1, 0.15) is 0 Å². The van der Waals surface area contributed by atoms with E-state index >= 15 is 0 Å². The lowest BCUT2D eigenvalue weighted by molar-refractivity contribution is 0.0956. The molecular weight excluding hydrogens is 298 g/mol. The molecule has 1 rings (SSSR count). The molecule has 1 amide bonds. The van der Waals surface area contributed by atoms with Gasteiger partial charge >= 0.3 is 0 Å². The van der Waals surface area contributed by atoms with Crippen LogP contribution in [0.25, 0.3) is 0 Å². The van der Waals surface area contributed by atoms with Gasteiger partial charge in [0.15, 0.2) is 9.84 Å². The summed E-state index contributed by atoms with van der Waals surface area (Å²) in [5.41, 5.74) is 0.341. The summed E-state index contributed by atoms with van der Waals surface area (Å²) in [4.78, 5) is 12.0. The number of carbonyl (C=O) groups excluding carboxylic acids is 1. The lowest BCUT2D eigenvalue weighted by atomic mass is 10.2. The van der Waals surface area contributed by atoms with E-state index in [0.717, 1.165) is 24.2 Å². The van der Waals surface area contributed by atoms with Crippen molar-refractivity contribution >= 4 is 27.5 Å². The summed E-state index contributed by atoms with van der Waals surface area (Å²) in [5.74, 6) is 1.34. The van der Waals surface area contributed by atoms with E-state index in [4.69, 9.17) is 5.11 Å². The van der Waals surface area contributed by atoms with Gasteiger partial charge in [0, 0.05) is 30.7 Å². The smallest absolute Gasteiger partial charge is 0.251 e. The summed E-state index contributed by atoms with van der Waals surface area (Å²) in [6.45, 7) is 0.690. The maximum absolute atomic E-state index is 11.9. The van der Waals surface area contributed by atoms with E-state index < -0.39 is 9.84 Å². The van der Waals surface area contributed by atoms with Crippen LogP contribution in [0.4, 0.5) is 0 Å². The van der Waals surface area contributed by atoms with E-state index in [9.17, 15) is 13.2 Å². The fourth-order valence-electron chi connectivity index (χ4n) is 1.48. The van der Waals surface area contributed by atoms with Crippen molar-refractivity contribution in [3.8, 4) is 0 Å². The Balaban J connectivity index is 2.48. The van der Waals surface area contributed by atoms with Gasteiger partial charge in [0.25, 0.3) is 5.91 Å². The Morgan fingerprint density at radius 2 is 2.10 bits per heavy atom. The van der Waals surface area contributed by atoms with Crippen LogP contribution in [0.2, 0.25) is 0 Å². The number of benzene rings is 1. The maximum Gasteiger partial charge on any atom is 0.251 e. The van der Waals surface area contributed by atoms with Crippen LogP contribution in [0, 0.1) is 0 Å². The van der Waals surface area contributed by atoms with Crippen molar-refractivity contribution in [2.24, 2.45) is 0 Å². The molecule has 0 aliphatic rings. The monoisotopic (exact) mass is 317 g/mol. The van der Waals surface area contributed by atoms with Crippen LogP contribution in [0.3, 0.4) is 0 Å². The highest BCUT2D eigenvalue weighted by Crippen LogP contribution is 2.11. The van der Waals surface area contributed by atoms with Crippen LogP contribution >= 0.6 is 11.8 Å². The lowest BCUT2D eigenvalue weighted by Gasteiger charge is -2.06. The number of aliphatic hydroxyl groups is 1. The largest absolute Gasteiger partial charge is 0.396 e. The predicted molar refractivity (Wildman–Crippen MR) is 80.9 cm³/mol. The summed E-state index contributed by atoms with van der Waals surface area (Å²) in [5, 5.41) is 11.4. The van der Waals surface area contributed by atoms with Crippen LogP contribution in [-0.2, 0) is 9.84 Å². The molecule has 0 spiro atoms. The quantitative estimate of drug-likeness (QED) is 0.697. The number of aliphatic hydroxyl groups excluding tert-OH is 1. The summed E-state index contributed by atoms with van der Waals surface area (Å²) in [7, 11) is -3.30. The highest BCUT2D eigenvalue weighted by molar-refractivity contribution is 7.99. The number of carbonyl (C=O) groups is 1. The normalized spacial score (nSPS) is 11.3. The van der Waals surface area contributed by atoms with Crippen molar-refractivity contribution in [3.05, 3.63) is 29.8 Å². The third-order valence-corrected chi connectivity index (χ3v) is 4.68. The molecule has 0 heterocycles. The Morgan fingerprint density at radius 1 is 1.35 bits per heavy atom. The average molecular weight is 317 g/mol. The minimum Gasteiger partial charge on any atom is -0.396 e. The summed E-state index contributed by atoms with van der Waals surface area (Å²) >= 11 is 1.65. The molecule has 0 radical (unpaired) electrons. The zero-order valence-corrected chi connectivity index (χ0v) is 13.0.